The van der Waals surface area contributed by atoms with Crippen LogP contribution in [-0.2, 0) is 5.41 Å². The van der Waals surface area contributed by atoms with Gasteiger partial charge in [-0.15, -0.1) is 0 Å². The predicted molar refractivity (Wildman–Crippen MR) is 145 cm³/mol. The van der Waals surface area contributed by atoms with Gasteiger partial charge in [0.15, 0.2) is 0 Å². The Morgan fingerprint density at radius 1 is 0.526 bits per heavy atom. The summed E-state index contributed by atoms with van der Waals surface area (Å²) in [4.78, 5) is 25.1. The van der Waals surface area contributed by atoms with Crippen LogP contribution in [0.3, 0.4) is 0 Å². The molecule has 2 amide bonds. The standard InChI is InChI=1S/C32H28F2N2O2/c33-26-12-4-22(5-13-26)30(37)35-28-16-8-24(9-17-28)32(20-2-1-3-21-32)25-10-18-29(19-11-25)36-31(38)23-6-14-27(34)15-7-23/h4-19H,1-3,20-21H2,(H,35,37)(H,36,38). The van der Waals surface area contributed by atoms with Crippen LogP contribution in [0.2, 0.25) is 0 Å². The molecule has 0 aliphatic heterocycles. The summed E-state index contributed by atoms with van der Waals surface area (Å²) in [5.41, 5.74) is 4.34. The van der Waals surface area contributed by atoms with Crippen LogP contribution in [0.5, 0.6) is 0 Å². The SMILES string of the molecule is O=C(Nc1ccc(C2(c3ccc(NC(=O)c4ccc(F)cc4)cc3)CCCCC2)cc1)c1ccc(F)cc1. The third-order valence-corrected chi connectivity index (χ3v) is 7.31. The lowest BCUT2D eigenvalue weighted by atomic mass is 9.65. The molecule has 1 aliphatic carbocycles. The molecule has 192 valence electrons. The third-order valence-electron chi connectivity index (χ3n) is 7.31. The minimum absolute atomic E-state index is 0.156. The average Bonchev–Trinajstić information content (AvgIpc) is 2.95. The van der Waals surface area contributed by atoms with Crippen LogP contribution in [0.1, 0.15) is 63.9 Å². The molecule has 1 fully saturated rings. The van der Waals surface area contributed by atoms with E-state index in [0.29, 0.717) is 22.5 Å². The molecule has 0 saturated heterocycles. The van der Waals surface area contributed by atoms with Gasteiger partial charge in [0.05, 0.1) is 0 Å². The number of carbonyl (C=O) groups is 2. The zero-order valence-electron chi connectivity index (χ0n) is 20.8. The minimum Gasteiger partial charge on any atom is -0.322 e. The number of anilines is 2. The van der Waals surface area contributed by atoms with E-state index >= 15 is 0 Å². The van der Waals surface area contributed by atoms with Gasteiger partial charge in [0.25, 0.3) is 11.8 Å². The minimum atomic E-state index is -0.382. The highest BCUT2D eigenvalue weighted by Crippen LogP contribution is 2.45. The van der Waals surface area contributed by atoms with Crippen LogP contribution >= 0.6 is 0 Å². The molecule has 0 atom stereocenters. The van der Waals surface area contributed by atoms with Crippen LogP contribution in [0, 0.1) is 11.6 Å². The van der Waals surface area contributed by atoms with Crippen molar-refractivity contribution in [3.8, 4) is 0 Å². The first-order valence-electron chi connectivity index (χ1n) is 12.8. The Kier molecular flexibility index (Phi) is 7.31. The van der Waals surface area contributed by atoms with Crippen molar-refractivity contribution in [3.05, 3.63) is 131 Å². The Balaban J connectivity index is 1.33. The lowest BCUT2D eigenvalue weighted by molar-refractivity contribution is 0.101. The molecule has 4 nitrogen and oxygen atoms in total. The monoisotopic (exact) mass is 510 g/mol. The van der Waals surface area contributed by atoms with Gasteiger partial charge in [-0.2, -0.15) is 0 Å². The van der Waals surface area contributed by atoms with E-state index in [2.05, 4.69) is 34.9 Å². The lowest BCUT2D eigenvalue weighted by Gasteiger charge is -2.39. The first-order chi connectivity index (χ1) is 18.4. The summed E-state index contributed by atoms with van der Waals surface area (Å²) in [6.07, 6.45) is 5.45. The fourth-order valence-electron chi connectivity index (χ4n) is 5.25. The van der Waals surface area contributed by atoms with Crippen LogP contribution < -0.4 is 10.6 Å². The molecule has 4 aromatic rings. The molecule has 1 saturated carbocycles. The van der Waals surface area contributed by atoms with Crippen molar-refractivity contribution in [2.45, 2.75) is 37.5 Å². The summed E-state index contributed by atoms with van der Waals surface area (Å²) >= 11 is 0. The predicted octanol–water partition coefficient (Wildman–Crippen LogP) is 7.72. The molecular weight excluding hydrogens is 482 g/mol. The summed E-state index contributed by atoms with van der Waals surface area (Å²) in [5.74, 6) is -1.34. The molecule has 0 radical (unpaired) electrons. The number of rotatable bonds is 6. The lowest BCUT2D eigenvalue weighted by Crippen LogP contribution is -2.30. The highest BCUT2D eigenvalue weighted by Gasteiger charge is 2.35. The van der Waals surface area contributed by atoms with Crippen LogP contribution in [-0.4, -0.2) is 11.8 Å². The van der Waals surface area contributed by atoms with Crippen molar-refractivity contribution >= 4 is 23.2 Å². The van der Waals surface area contributed by atoms with E-state index in [4.69, 9.17) is 0 Å². The van der Waals surface area contributed by atoms with E-state index < -0.39 is 0 Å². The van der Waals surface area contributed by atoms with E-state index in [0.717, 1.165) is 25.7 Å². The number of carbonyl (C=O) groups excluding carboxylic acids is 2. The topological polar surface area (TPSA) is 58.2 Å². The van der Waals surface area contributed by atoms with Gasteiger partial charge in [-0.3, -0.25) is 9.59 Å². The van der Waals surface area contributed by atoms with Gasteiger partial charge in [-0.1, -0.05) is 43.5 Å². The molecule has 2 N–H and O–H groups in total. The number of hydrogen-bond donors (Lipinski definition) is 2. The van der Waals surface area contributed by atoms with Gasteiger partial charge < -0.3 is 10.6 Å². The van der Waals surface area contributed by atoms with Gasteiger partial charge in [0.2, 0.25) is 0 Å². The van der Waals surface area contributed by atoms with Gasteiger partial charge >= 0.3 is 0 Å². The number of halogens is 2. The molecule has 0 unspecified atom stereocenters. The Hall–Kier alpha value is -4.32. The molecule has 1 aliphatic rings. The van der Waals surface area contributed by atoms with Crippen molar-refractivity contribution in [1.82, 2.24) is 0 Å². The van der Waals surface area contributed by atoms with Crippen molar-refractivity contribution < 1.29 is 18.4 Å². The highest BCUT2D eigenvalue weighted by atomic mass is 19.1. The normalized spacial score (nSPS) is 14.5. The molecule has 0 aromatic heterocycles. The molecule has 4 aromatic carbocycles. The maximum Gasteiger partial charge on any atom is 0.255 e. The fourth-order valence-corrected chi connectivity index (χ4v) is 5.25. The Bertz CT molecular complexity index is 1300. The van der Waals surface area contributed by atoms with Crippen LogP contribution in [0.15, 0.2) is 97.1 Å². The van der Waals surface area contributed by atoms with Crippen LogP contribution in [0.25, 0.3) is 0 Å². The van der Waals surface area contributed by atoms with Crippen molar-refractivity contribution in [3.63, 3.8) is 0 Å². The number of benzene rings is 4. The van der Waals surface area contributed by atoms with E-state index in [-0.39, 0.29) is 28.9 Å². The average molecular weight is 511 g/mol. The fraction of sp³-hybridized carbons (Fsp3) is 0.188. The summed E-state index contributed by atoms with van der Waals surface area (Å²) in [6, 6.07) is 26.8. The van der Waals surface area contributed by atoms with E-state index in [9.17, 15) is 18.4 Å². The summed E-state index contributed by atoms with van der Waals surface area (Å²) in [5, 5.41) is 5.76. The van der Waals surface area contributed by atoms with Crippen molar-refractivity contribution in [1.29, 1.82) is 0 Å². The molecule has 6 heteroatoms. The molecule has 5 rings (SSSR count). The Labute approximate surface area is 220 Å². The van der Waals surface area contributed by atoms with Gasteiger partial charge in [0, 0.05) is 27.9 Å². The summed E-state index contributed by atoms with van der Waals surface area (Å²) in [7, 11) is 0. The number of hydrogen-bond acceptors (Lipinski definition) is 2. The molecule has 0 spiro atoms. The van der Waals surface area contributed by atoms with Gasteiger partial charge in [-0.25, -0.2) is 8.78 Å². The smallest absolute Gasteiger partial charge is 0.255 e. The second-order valence-corrected chi connectivity index (χ2v) is 9.72. The van der Waals surface area contributed by atoms with E-state index in [1.165, 1.54) is 66.1 Å². The quantitative estimate of drug-likeness (QED) is 0.279. The van der Waals surface area contributed by atoms with Crippen molar-refractivity contribution in [2.75, 3.05) is 10.6 Å². The maximum absolute atomic E-state index is 13.2. The second-order valence-electron chi connectivity index (χ2n) is 9.72. The van der Waals surface area contributed by atoms with E-state index in [1.807, 2.05) is 24.3 Å². The Morgan fingerprint density at radius 3 is 1.26 bits per heavy atom. The molecule has 38 heavy (non-hydrogen) atoms. The molecular formula is C32H28F2N2O2. The number of nitrogens with one attached hydrogen (secondary N) is 2. The highest BCUT2D eigenvalue weighted by molar-refractivity contribution is 6.04. The first kappa shape index (κ1) is 25.3. The first-order valence-corrected chi connectivity index (χ1v) is 12.8. The summed E-state index contributed by atoms with van der Waals surface area (Å²) < 4.78 is 26.3. The summed E-state index contributed by atoms with van der Waals surface area (Å²) in [6.45, 7) is 0. The zero-order valence-corrected chi connectivity index (χ0v) is 20.8. The second kappa shape index (κ2) is 11.0. The largest absolute Gasteiger partial charge is 0.322 e. The zero-order chi connectivity index (χ0) is 26.5. The number of amides is 2. The van der Waals surface area contributed by atoms with Gasteiger partial charge in [-0.05, 0) is 96.8 Å². The third kappa shape index (κ3) is 5.49. The van der Waals surface area contributed by atoms with E-state index in [1.54, 1.807) is 0 Å². The molecule has 0 bridgehead atoms. The van der Waals surface area contributed by atoms with Crippen molar-refractivity contribution in [2.24, 2.45) is 0 Å². The maximum atomic E-state index is 13.2. The molecule has 0 heterocycles. The van der Waals surface area contributed by atoms with Crippen LogP contribution in [0.4, 0.5) is 20.2 Å². The van der Waals surface area contributed by atoms with Gasteiger partial charge in [0.1, 0.15) is 11.6 Å². The Morgan fingerprint density at radius 2 is 0.895 bits per heavy atom.